The Bertz CT molecular complexity index is 687. The van der Waals surface area contributed by atoms with Crippen LogP contribution in [-0.2, 0) is 6.42 Å². The van der Waals surface area contributed by atoms with Crippen molar-refractivity contribution in [2.45, 2.75) is 6.42 Å². The van der Waals surface area contributed by atoms with E-state index in [1.54, 1.807) is 6.20 Å². The Hall–Kier alpha value is -2.27. The second kappa shape index (κ2) is 5.16. The van der Waals surface area contributed by atoms with Gasteiger partial charge in [-0.2, -0.15) is 4.98 Å². The lowest BCUT2D eigenvalue weighted by atomic mass is 10.1. The fourth-order valence-electron chi connectivity index (χ4n) is 1.98. The van der Waals surface area contributed by atoms with Gasteiger partial charge in [0.25, 0.3) is 5.89 Å². The molecular formula is C14H14N4O. The average molecular weight is 254 g/mol. The van der Waals surface area contributed by atoms with Gasteiger partial charge in [-0.15, -0.1) is 0 Å². The van der Waals surface area contributed by atoms with Crippen LogP contribution in [-0.4, -0.2) is 28.7 Å². The summed E-state index contributed by atoms with van der Waals surface area (Å²) in [5, 5.41) is 9.16. The summed E-state index contributed by atoms with van der Waals surface area (Å²) in [6.07, 6.45) is 2.50. The van der Waals surface area contributed by atoms with E-state index in [0.29, 0.717) is 11.7 Å². The minimum Gasteiger partial charge on any atom is -0.332 e. The van der Waals surface area contributed by atoms with E-state index in [9.17, 15) is 0 Å². The molecule has 0 atom stereocenters. The van der Waals surface area contributed by atoms with Crippen molar-refractivity contribution in [1.29, 1.82) is 0 Å². The molecule has 0 bridgehead atoms. The Morgan fingerprint density at radius 1 is 1.21 bits per heavy atom. The molecule has 3 rings (SSSR count). The van der Waals surface area contributed by atoms with Crippen molar-refractivity contribution < 1.29 is 4.52 Å². The van der Waals surface area contributed by atoms with Crippen LogP contribution in [0.1, 0.15) is 5.82 Å². The van der Waals surface area contributed by atoms with Crippen LogP contribution in [0.2, 0.25) is 0 Å². The summed E-state index contributed by atoms with van der Waals surface area (Å²) in [7, 11) is 1.90. The van der Waals surface area contributed by atoms with E-state index in [1.165, 1.54) is 0 Å². The van der Waals surface area contributed by atoms with Gasteiger partial charge in [-0.1, -0.05) is 29.4 Å². The zero-order valence-electron chi connectivity index (χ0n) is 10.6. The number of hydrogen-bond donors (Lipinski definition) is 1. The maximum absolute atomic E-state index is 5.30. The van der Waals surface area contributed by atoms with Crippen molar-refractivity contribution in [2.24, 2.45) is 0 Å². The van der Waals surface area contributed by atoms with Crippen molar-refractivity contribution in [1.82, 2.24) is 20.4 Å². The van der Waals surface area contributed by atoms with Crippen molar-refractivity contribution in [3.05, 3.63) is 42.4 Å². The Morgan fingerprint density at radius 3 is 3.00 bits per heavy atom. The van der Waals surface area contributed by atoms with Crippen LogP contribution in [0.5, 0.6) is 0 Å². The number of aromatic nitrogens is 3. The summed E-state index contributed by atoms with van der Waals surface area (Å²) in [6.45, 7) is 0.821. The van der Waals surface area contributed by atoms with Crippen molar-refractivity contribution >= 4 is 10.8 Å². The number of nitrogens with zero attached hydrogens (tertiary/aromatic N) is 3. The minimum atomic E-state index is 0.475. The molecule has 5 nitrogen and oxygen atoms in total. The van der Waals surface area contributed by atoms with Gasteiger partial charge in [-0.05, 0) is 18.5 Å². The number of nitrogens with one attached hydrogen (secondary N) is 1. The highest BCUT2D eigenvalue weighted by Crippen LogP contribution is 2.24. The third-order valence-electron chi connectivity index (χ3n) is 2.94. The quantitative estimate of drug-likeness (QED) is 0.772. The molecule has 1 N–H and O–H groups in total. The Morgan fingerprint density at radius 2 is 2.11 bits per heavy atom. The maximum Gasteiger partial charge on any atom is 0.277 e. The average Bonchev–Trinajstić information content (AvgIpc) is 2.93. The molecule has 96 valence electrons. The Kier molecular flexibility index (Phi) is 3.20. The number of benzene rings is 1. The Labute approximate surface area is 110 Å². The molecule has 2 aromatic heterocycles. The van der Waals surface area contributed by atoms with Crippen LogP contribution in [0.3, 0.4) is 0 Å². The molecule has 0 saturated heterocycles. The highest BCUT2D eigenvalue weighted by atomic mass is 16.5. The predicted octanol–water partition coefficient (Wildman–Crippen LogP) is 2.05. The smallest absolute Gasteiger partial charge is 0.277 e. The van der Waals surface area contributed by atoms with Crippen LogP contribution in [0.15, 0.2) is 41.1 Å². The van der Waals surface area contributed by atoms with Gasteiger partial charge in [0.15, 0.2) is 5.82 Å². The molecule has 1 aromatic carbocycles. The van der Waals surface area contributed by atoms with E-state index in [1.807, 2.05) is 37.4 Å². The summed E-state index contributed by atoms with van der Waals surface area (Å²) in [5.74, 6) is 1.17. The van der Waals surface area contributed by atoms with Crippen LogP contribution in [0.4, 0.5) is 0 Å². The third kappa shape index (κ3) is 2.32. The second-order valence-electron chi connectivity index (χ2n) is 4.25. The molecule has 0 saturated carbocycles. The van der Waals surface area contributed by atoms with Gasteiger partial charge in [-0.3, -0.25) is 4.98 Å². The summed E-state index contributed by atoms with van der Waals surface area (Å²) in [6, 6.07) is 10.00. The Balaban J connectivity index is 2.02. The van der Waals surface area contributed by atoms with E-state index < -0.39 is 0 Å². The lowest BCUT2D eigenvalue weighted by Crippen LogP contribution is -2.11. The number of rotatable bonds is 4. The number of fused-ring (bicyclic) bond motifs is 1. The zero-order chi connectivity index (χ0) is 13.1. The fraction of sp³-hybridized carbons (Fsp3) is 0.214. The molecule has 5 heteroatoms. The molecule has 0 spiro atoms. The summed E-state index contributed by atoms with van der Waals surface area (Å²) >= 11 is 0. The van der Waals surface area contributed by atoms with Gasteiger partial charge in [0.05, 0.1) is 0 Å². The first-order valence-electron chi connectivity index (χ1n) is 6.20. The van der Waals surface area contributed by atoms with Gasteiger partial charge in [0.2, 0.25) is 0 Å². The highest BCUT2D eigenvalue weighted by Gasteiger charge is 2.12. The summed E-state index contributed by atoms with van der Waals surface area (Å²) in [5.41, 5.74) is 0.737. The topological polar surface area (TPSA) is 63.8 Å². The number of hydrogen-bond acceptors (Lipinski definition) is 5. The van der Waals surface area contributed by atoms with E-state index in [-0.39, 0.29) is 0 Å². The van der Waals surface area contributed by atoms with E-state index in [4.69, 9.17) is 4.52 Å². The first kappa shape index (κ1) is 11.8. The number of pyridine rings is 1. The van der Waals surface area contributed by atoms with E-state index >= 15 is 0 Å². The minimum absolute atomic E-state index is 0.475. The summed E-state index contributed by atoms with van der Waals surface area (Å²) < 4.78 is 5.30. The largest absolute Gasteiger partial charge is 0.332 e. The molecule has 0 amide bonds. The van der Waals surface area contributed by atoms with E-state index in [2.05, 4.69) is 20.4 Å². The lowest BCUT2D eigenvalue weighted by Gasteiger charge is -2.00. The normalized spacial score (nSPS) is 11.0. The van der Waals surface area contributed by atoms with Crippen LogP contribution in [0.25, 0.3) is 22.4 Å². The van der Waals surface area contributed by atoms with E-state index in [0.717, 1.165) is 29.4 Å². The van der Waals surface area contributed by atoms with Gasteiger partial charge in [-0.25, -0.2) is 0 Å². The molecule has 0 aliphatic heterocycles. The zero-order valence-corrected chi connectivity index (χ0v) is 10.6. The summed E-state index contributed by atoms with van der Waals surface area (Å²) in [4.78, 5) is 8.75. The molecule has 0 unspecified atom stereocenters. The fourth-order valence-corrected chi connectivity index (χ4v) is 1.98. The predicted molar refractivity (Wildman–Crippen MR) is 72.7 cm³/mol. The first-order chi connectivity index (χ1) is 9.38. The van der Waals surface area contributed by atoms with Gasteiger partial charge < -0.3 is 9.84 Å². The van der Waals surface area contributed by atoms with Crippen LogP contribution < -0.4 is 5.32 Å². The number of likely N-dealkylation sites (N-methyl/N-ethyl adjacent to an activating group) is 1. The second-order valence-corrected chi connectivity index (χ2v) is 4.25. The van der Waals surface area contributed by atoms with Crippen molar-refractivity contribution in [3.8, 4) is 11.6 Å². The molecule has 2 heterocycles. The van der Waals surface area contributed by atoms with Crippen LogP contribution >= 0.6 is 0 Å². The third-order valence-corrected chi connectivity index (χ3v) is 2.94. The SMILES string of the molecule is CNCCc1noc(-c2nccc3ccccc23)n1. The molecule has 0 fully saturated rings. The maximum atomic E-state index is 5.30. The highest BCUT2D eigenvalue weighted by molar-refractivity contribution is 5.92. The van der Waals surface area contributed by atoms with Crippen molar-refractivity contribution in [3.63, 3.8) is 0 Å². The molecule has 0 radical (unpaired) electrons. The molecule has 0 aliphatic rings. The van der Waals surface area contributed by atoms with Crippen molar-refractivity contribution in [2.75, 3.05) is 13.6 Å². The van der Waals surface area contributed by atoms with Gasteiger partial charge in [0, 0.05) is 24.5 Å². The van der Waals surface area contributed by atoms with Crippen LogP contribution in [0, 0.1) is 0 Å². The first-order valence-corrected chi connectivity index (χ1v) is 6.20. The monoisotopic (exact) mass is 254 g/mol. The standard InChI is InChI=1S/C14H14N4O/c1-15-8-7-12-17-14(19-18-12)13-11-5-3-2-4-10(11)6-9-16-13/h2-6,9,15H,7-8H2,1H3. The van der Waals surface area contributed by atoms with Gasteiger partial charge in [0.1, 0.15) is 5.69 Å². The molecule has 3 aromatic rings. The molecule has 0 aliphatic carbocycles. The lowest BCUT2D eigenvalue weighted by molar-refractivity contribution is 0.421. The molecule has 19 heavy (non-hydrogen) atoms. The molecular weight excluding hydrogens is 240 g/mol. The van der Waals surface area contributed by atoms with Gasteiger partial charge >= 0.3 is 0 Å².